The van der Waals surface area contributed by atoms with Gasteiger partial charge >= 0.3 is 0 Å². The lowest BCUT2D eigenvalue weighted by atomic mass is 10.1. The van der Waals surface area contributed by atoms with Crippen molar-refractivity contribution in [1.82, 2.24) is 9.88 Å². The Labute approximate surface area is 128 Å². The quantitative estimate of drug-likeness (QED) is 0.826. The normalized spacial score (nSPS) is 12.8. The molecule has 1 aliphatic rings. The number of amides is 1. The van der Waals surface area contributed by atoms with Crippen molar-refractivity contribution in [2.24, 2.45) is 0 Å². The standard InChI is InChI=1S/C17H20N2O3/c1-2-22-10-4-8-18-17(21)14-11-19-9-7-12-5-3-6-13(15(12)19)16(14)20/h3,5-6,11H,2,4,7-10H2,1H3,(H,18,21). The number of hydrogen-bond donors (Lipinski definition) is 1. The summed E-state index contributed by atoms with van der Waals surface area (Å²) in [5.74, 6) is -0.301. The molecule has 5 heteroatoms. The van der Waals surface area contributed by atoms with Crippen LogP contribution in [-0.4, -0.2) is 30.2 Å². The van der Waals surface area contributed by atoms with E-state index in [1.165, 1.54) is 5.56 Å². The van der Waals surface area contributed by atoms with E-state index in [9.17, 15) is 9.59 Å². The van der Waals surface area contributed by atoms with Gasteiger partial charge in [-0.15, -0.1) is 0 Å². The first kappa shape index (κ1) is 14.8. The van der Waals surface area contributed by atoms with Crippen molar-refractivity contribution in [3.05, 3.63) is 45.7 Å². The molecule has 0 bridgehead atoms. The minimum absolute atomic E-state index is 0.183. The van der Waals surface area contributed by atoms with Crippen molar-refractivity contribution in [1.29, 1.82) is 0 Å². The fraction of sp³-hybridized carbons (Fsp3) is 0.412. The maximum Gasteiger partial charge on any atom is 0.256 e. The highest BCUT2D eigenvalue weighted by atomic mass is 16.5. The first-order chi connectivity index (χ1) is 10.7. The number of aromatic nitrogens is 1. The van der Waals surface area contributed by atoms with Gasteiger partial charge in [0.05, 0.1) is 5.52 Å². The highest BCUT2D eigenvalue weighted by Crippen LogP contribution is 2.23. The van der Waals surface area contributed by atoms with Crippen LogP contribution >= 0.6 is 0 Å². The van der Waals surface area contributed by atoms with Gasteiger partial charge in [-0.3, -0.25) is 9.59 Å². The number of ether oxygens (including phenoxy) is 1. The Bertz CT molecular complexity index is 764. The molecule has 0 atom stereocenters. The summed E-state index contributed by atoms with van der Waals surface area (Å²) in [6, 6.07) is 5.73. The van der Waals surface area contributed by atoms with Crippen molar-refractivity contribution in [2.45, 2.75) is 26.3 Å². The second kappa shape index (κ2) is 6.32. The summed E-state index contributed by atoms with van der Waals surface area (Å²) in [5, 5.41) is 3.44. The number of pyridine rings is 1. The molecule has 1 aromatic heterocycles. The second-order valence-corrected chi connectivity index (χ2v) is 5.43. The molecule has 0 unspecified atom stereocenters. The van der Waals surface area contributed by atoms with E-state index in [0.29, 0.717) is 25.1 Å². The summed E-state index contributed by atoms with van der Waals surface area (Å²) < 4.78 is 7.24. The van der Waals surface area contributed by atoms with Crippen LogP contribution < -0.4 is 10.7 Å². The number of nitrogens with zero attached hydrogens (tertiary/aromatic N) is 1. The summed E-state index contributed by atoms with van der Waals surface area (Å²) in [6.07, 6.45) is 3.35. The van der Waals surface area contributed by atoms with Crippen LogP contribution in [0.15, 0.2) is 29.2 Å². The Morgan fingerprint density at radius 2 is 2.27 bits per heavy atom. The van der Waals surface area contributed by atoms with E-state index in [1.807, 2.05) is 23.6 Å². The van der Waals surface area contributed by atoms with E-state index in [0.717, 1.165) is 24.9 Å². The number of benzene rings is 1. The van der Waals surface area contributed by atoms with Gasteiger partial charge in [-0.2, -0.15) is 0 Å². The molecule has 0 aliphatic carbocycles. The predicted octanol–water partition coefficient (Wildman–Crippen LogP) is 1.71. The minimum Gasteiger partial charge on any atom is -0.382 e. The first-order valence-corrected chi connectivity index (χ1v) is 7.73. The minimum atomic E-state index is -0.301. The number of carbonyl (C=O) groups excluding carboxylic acids is 1. The number of carbonyl (C=O) groups is 1. The zero-order valence-electron chi connectivity index (χ0n) is 12.7. The molecule has 1 amide bonds. The molecular formula is C17H20N2O3. The smallest absolute Gasteiger partial charge is 0.256 e. The molecule has 2 aromatic rings. The third kappa shape index (κ3) is 2.64. The average molecular weight is 300 g/mol. The van der Waals surface area contributed by atoms with Crippen molar-refractivity contribution in [2.75, 3.05) is 19.8 Å². The van der Waals surface area contributed by atoms with Crippen LogP contribution in [0, 0.1) is 0 Å². The molecule has 22 heavy (non-hydrogen) atoms. The van der Waals surface area contributed by atoms with Crippen LogP contribution in [0.2, 0.25) is 0 Å². The second-order valence-electron chi connectivity index (χ2n) is 5.43. The molecule has 3 rings (SSSR count). The van der Waals surface area contributed by atoms with Crippen molar-refractivity contribution < 1.29 is 9.53 Å². The molecule has 0 saturated carbocycles. The summed E-state index contributed by atoms with van der Waals surface area (Å²) in [7, 11) is 0. The number of aryl methyl sites for hydroxylation is 2. The van der Waals surface area contributed by atoms with E-state index in [2.05, 4.69) is 5.32 Å². The van der Waals surface area contributed by atoms with Gasteiger partial charge in [-0.1, -0.05) is 12.1 Å². The maximum atomic E-state index is 12.5. The summed E-state index contributed by atoms with van der Waals surface area (Å²) in [5.41, 5.74) is 2.19. The van der Waals surface area contributed by atoms with Crippen LogP contribution in [0.3, 0.4) is 0 Å². The van der Waals surface area contributed by atoms with Crippen molar-refractivity contribution >= 4 is 16.8 Å². The Morgan fingerprint density at radius 1 is 1.41 bits per heavy atom. The largest absolute Gasteiger partial charge is 0.382 e. The molecular weight excluding hydrogens is 280 g/mol. The molecule has 0 fully saturated rings. The Morgan fingerprint density at radius 3 is 3.09 bits per heavy atom. The van der Waals surface area contributed by atoms with Gasteiger partial charge in [-0.25, -0.2) is 0 Å². The number of hydrogen-bond acceptors (Lipinski definition) is 3. The van der Waals surface area contributed by atoms with Crippen LogP contribution in [0.4, 0.5) is 0 Å². The summed E-state index contributed by atoms with van der Waals surface area (Å²) in [4.78, 5) is 24.8. The molecule has 1 aliphatic heterocycles. The van der Waals surface area contributed by atoms with Gasteiger partial charge in [0.1, 0.15) is 5.56 Å². The van der Waals surface area contributed by atoms with E-state index >= 15 is 0 Å². The van der Waals surface area contributed by atoms with E-state index < -0.39 is 0 Å². The van der Waals surface area contributed by atoms with Gasteiger partial charge < -0.3 is 14.6 Å². The highest BCUT2D eigenvalue weighted by Gasteiger charge is 2.19. The molecule has 0 radical (unpaired) electrons. The van der Waals surface area contributed by atoms with E-state index in [1.54, 1.807) is 12.3 Å². The fourth-order valence-electron chi connectivity index (χ4n) is 2.93. The Kier molecular flexibility index (Phi) is 4.24. The van der Waals surface area contributed by atoms with Gasteiger partial charge in [0.15, 0.2) is 0 Å². The maximum absolute atomic E-state index is 12.5. The zero-order valence-corrected chi connectivity index (χ0v) is 12.7. The summed E-state index contributed by atoms with van der Waals surface area (Å²) in [6.45, 7) is 4.55. The van der Waals surface area contributed by atoms with E-state index in [4.69, 9.17) is 4.74 Å². The Balaban J connectivity index is 1.82. The zero-order chi connectivity index (χ0) is 15.5. The third-order valence-corrected chi connectivity index (χ3v) is 4.00. The van der Waals surface area contributed by atoms with Crippen molar-refractivity contribution in [3.8, 4) is 0 Å². The lowest BCUT2D eigenvalue weighted by Crippen LogP contribution is -2.30. The van der Waals surface area contributed by atoms with Crippen molar-refractivity contribution in [3.63, 3.8) is 0 Å². The van der Waals surface area contributed by atoms with Crippen LogP contribution in [0.25, 0.3) is 10.9 Å². The SMILES string of the molecule is CCOCCCNC(=O)c1cn2c3c(cccc3c1=O)CC2. The molecule has 0 spiro atoms. The monoisotopic (exact) mass is 300 g/mol. The molecule has 0 saturated heterocycles. The van der Waals surface area contributed by atoms with Gasteiger partial charge in [0.25, 0.3) is 5.91 Å². The van der Waals surface area contributed by atoms with E-state index in [-0.39, 0.29) is 16.9 Å². The first-order valence-electron chi connectivity index (χ1n) is 7.73. The number of para-hydroxylation sites is 1. The third-order valence-electron chi connectivity index (χ3n) is 4.00. The van der Waals surface area contributed by atoms with Crippen LogP contribution in [0.5, 0.6) is 0 Å². The number of nitrogens with one attached hydrogen (secondary N) is 1. The average Bonchev–Trinajstić information content (AvgIpc) is 2.94. The molecule has 2 heterocycles. The highest BCUT2D eigenvalue weighted by molar-refractivity contribution is 5.98. The predicted molar refractivity (Wildman–Crippen MR) is 85.4 cm³/mol. The topological polar surface area (TPSA) is 60.3 Å². The molecule has 116 valence electrons. The lowest BCUT2D eigenvalue weighted by Gasteiger charge is -2.09. The Hall–Kier alpha value is -2.14. The number of rotatable bonds is 6. The molecule has 1 aromatic carbocycles. The molecule has 5 nitrogen and oxygen atoms in total. The lowest BCUT2D eigenvalue weighted by molar-refractivity contribution is 0.0942. The van der Waals surface area contributed by atoms with Gasteiger partial charge in [0.2, 0.25) is 5.43 Å². The van der Waals surface area contributed by atoms with Crippen LogP contribution in [-0.2, 0) is 17.7 Å². The fourth-order valence-corrected chi connectivity index (χ4v) is 2.93. The van der Waals surface area contributed by atoms with Crippen LogP contribution in [0.1, 0.15) is 29.3 Å². The molecule has 1 N–H and O–H groups in total. The van der Waals surface area contributed by atoms with Gasteiger partial charge in [-0.05, 0) is 31.4 Å². The summed E-state index contributed by atoms with van der Waals surface area (Å²) >= 11 is 0. The van der Waals surface area contributed by atoms with Gasteiger partial charge in [0, 0.05) is 37.9 Å².